The largest absolute Gasteiger partial charge is 0.508 e. The second-order valence-electron chi connectivity index (χ2n) is 3.88. The van der Waals surface area contributed by atoms with E-state index in [1.165, 1.54) is 30.3 Å². The number of hydrogen-bond donors (Lipinski definition) is 5. The van der Waals surface area contributed by atoms with Crippen molar-refractivity contribution in [2.75, 3.05) is 6.54 Å². The normalized spacial score (nSPS) is 9.53. The second-order valence-corrected chi connectivity index (χ2v) is 3.88. The van der Waals surface area contributed by atoms with Crippen LogP contribution in [0.25, 0.3) is 0 Å². The molecule has 5 nitrogen and oxygen atoms in total. The summed E-state index contributed by atoms with van der Waals surface area (Å²) in [6.45, 7) is 0.546. The molecule has 5 heteroatoms. The Morgan fingerprint density at radius 3 is 1.84 bits per heavy atom. The number of phenols is 4. The van der Waals surface area contributed by atoms with E-state index >= 15 is 0 Å². The fourth-order valence-electron chi connectivity index (χ4n) is 1.38. The predicted octanol–water partition coefficient (Wildman–Crippen LogP) is 1.70. The highest BCUT2D eigenvalue weighted by atomic mass is 16.3. The molecule has 0 unspecified atom stereocenters. The van der Waals surface area contributed by atoms with Crippen molar-refractivity contribution in [3.8, 4) is 23.0 Å². The first kappa shape index (κ1) is 14.7. The molecule has 19 heavy (non-hydrogen) atoms. The standard InChI is InChI=1S/C8H11NO2.C6H6O2/c9-4-3-6-1-2-7(10)8(11)5-6;7-5-2-1-3-6(8)4-5/h1-2,5,10-11H,3-4,9H2;1-4,7-8H. The third-order valence-corrected chi connectivity index (χ3v) is 2.30. The monoisotopic (exact) mass is 263 g/mol. The zero-order valence-corrected chi connectivity index (χ0v) is 10.3. The molecule has 0 radical (unpaired) electrons. The van der Waals surface area contributed by atoms with Crippen LogP contribution in [0, 0.1) is 0 Å². The smallest absolute Gasteiger partial charge is 0.157 e. The van der Waals surface area contributed by atoms with Crippen LogP contribution in [-0.4, -0.2) is 27.0 Å². The Labute approximate surface area is 111 Å². The molecule has 0 fully saturated rings. The van der Waals surface area contributed by atoms with Crippen LogP contribution in [0.3, 0.4) is 0 Å². The fraction of sp³-hybridized carbons (Fsp3) is 0.143. The highest BCUT2D eigenvalue weighted by molar-refractivity contribution is 5.40. The number of benzene rings is 2. The molecular formula is C14H17NO4. The van der Waals surface area contributed by atoms with E-state index in [1.54, 1.807) is 12.1 Å². The van der Waals surface area contributed by atoms with Crippen LogP contribution in [-0.2, 0) is 6.42 Å². The van der Waals surface area contributed by atoms with Gasteiger partial charge < -0.3 is 26.2 Å². The molecule has 0 saturated carbocycles. The van der Waals surface area contributed by atoms with Crippen molar-refractivity contribution in [2.45, 2.75) is 6.42 Å². The van der Waals surface area contributed by atoms with Crippen molar-refractivity contribution in [3.05, 3.63) is 48.0 Å². The lowest BCUT2D eigenvalue weighted by molar-refractivity contribution is 0.403. The Bertz CT molecular complexity index is 511. The van der Waals surface area contributed by atoms with Crippen LogP contribution in [0.1, 0.15) is 5.56 Å². The summed E-state index contributed by atoms with van der Waals surface area (Å²) in [5.74, 6) is -0.00304. The predicted molar refractivity (Wildman–Crippen MR) is 72.3 cm³/mol. The van der Waals surface area contributed by atoms with Crippen LogP contribution >= 0.6 is 0 Å². The molecule has 0 aliphatic carbocycles. The highest BCUT2D eigenvalue weighted by Crippen LogP contribution is 2.24. The van der Waals surface area contributed by atoms with Crippen LogP contribution in [0.5, 0.6) is 23.0 Å². The molecule has 0 amide bonds. The molecule has 6 N–H and O–H groups in total. The Hall–Kier alpha value is -2.40. The first-order valence-corrected chi connectivity index (χ1v) is 5.72. The van der Waals surface area contributed by atoms with Gasteiger partial charge >= 0.3 is 0 Å². The van der Waals surface area contributed by atoms with E-state index in [4.69, 9.17) is 26.2 Å². The molecule has 2 aromatic carbocycles. The summed E-state index contributed by atoms with van der Waals surface area (Å²) < 4.78 is 0. The third-order valence-electron chi connectivity index (χ3n) is 2.30. The summed E-state index contributed by atoms with van der Waals surface area (Å²) in [6, 6.07) is 10.6. The third kappa shape index (κ3) is 5.18. The molecule has 0 aliphatic heterocycles. The average molecular weight is 263 g/mol. The van der Waals surface area contributed by atoms with Gasteiger partial charge in [-0.05, 0) is 42.8 Å². The SMILES string of the molecule is NCCc1ccc(O)c(O)c1.Oc1cccc(O)c1. The summed E-state index contributed by atoms with van der Waals surface area (Å²) in [5.41, 5.74) is 6.24. The van der Waals surface area contributed by atoms with Gasteiger partial charge in [-0.15, -0.1) is 0 Å². The molecule has 0 aliphatic rings. The first-order valence-electron chi connectivity index (χ1n) is 5.72. The second kappa shape index (κ2) is 7.13. The van der Waals surface area contributed by atoms with Gasteiger partial charge in [0.25, 0.3) is 0 Å². The lowest BCUT2D eigenvalue weighted by atomic mass is 10.1. The van der Waals surface area contributed by atoms with E-state index in [9.17, 15) is 0 Å². The zero-order chi connectivity index (χ0) is 14.3. The average Bonchev–Trinajstić information content (AvgIpc) is 2.35. The lowest BCUT2D eigenvalue weighted by Gasteiger charge is -2.00. The van der Waals surface area contributed by atoms with Gasteiger partial charge in [0, 0.05) is 6.07 Å². The van der Waals surface area contributed by atoms with Gasteiger partial charge in [0.2, 0.25) is 0 Å². The Morgan fingerprint density at radius 1 is 0.789 bits per heavy atom. The van der Waals surface area contributed by atoms with Crippen LogP contribution in [0.2, 0.25) is 0 Å². The van der Waals surface area contributed by atoms with Crippen LogP contribution in [0.4, 0.5) is 0 Å². The van der Waals surface area contributed by atoms with Gasteiger partial charge in [-0.3, -0.25) is 0 Å². The van der Waals surface area contributed by atoms with Crippen molar-refractivity contribution < 1.29 is 20.4 Å². The summed E-state index contributed by atoms with van der Waals surface area (Å²) in [7, 11) is 0. The lowest BCUT2D eigenvalue weighted by Crippen LogP contribution is -2.02. The number of nitrogens with two attached hydrogens (primary N) is 1. The molecule has 0 bridgehead atoms. The van der Waals surface area contributed by atoms with Gasteiger partial charge in [-0.1, -0.05) is 12.1 Å². The molecular weight excluding hydrogens is 246 g/mol. The van der Waals surface area contributed by atoms with Crippen molar-refractivity contribution in [2.24, 2.45) is 5.73 Å². The molecule has 102 valence electrons. The maximum atomic E-state index is 9.04. The van der Waals surface area contributed by atoms with E-state index in [-0.39, 0.29) is 23.0 Å². The Kier molecular flexibility index (Phi) is 5.50. The minimum atomic E-state index is -0.0919. The van der Waals surface area contributed by atoms with Gasteiger partial charge in [-0.25, -0.2) is 0 Å². The first-order chi connectivity index (χ1) is 9.02. The van der Waals surface area contributed by atoms with Crippen LogP contribution < -0.4 is 5.73 Å². The summed E-state index contributed by atoms with van der Waals surface area (Å²) in [4.78, 5) is 0. The molecule has 0 spiro atoms. The van der Waals surface area contributed by atoms with Crippen molar-refractivity contribution in [1.29, 1.82) is 0 Å². The molecule has 2 rings (SSSR count). The van der Waals surface area contributed by atoms with E-state index in [1.807, 2.05) is 0 Å². The van der Waals surface area contributed by atoms with Gasteiger partial charge in [-0.2, -0.15) is 0 Å². The molecule has 2 aromatic rings. The molecule has 0 heterocycles. The minimum absolute atomic E-state index is 0.0871. The Morgan fingerprint density at radius 2 is 1.42 bits per heavy atom. The zero-order valence-electron chi connectivity index (χ0n) is 10.3. The van der Waals surface area contributed by atoms with E-state index in [0.717, 1.165) is 5.56 Å². The van der Waals surface area contributed by atoms with E-state index in [2.05, 4.69) is 0 Å². The number of aromatic hydroxyl groups is 4. The van der Waals surface area contributed by atoms with Gasteiger partial charge in [0.15, 0.2) is 11.5 Å². The molecule has 0 atom stereocenters. The number of rotatable bonds is 2. The van der Waals surface area contributed by atoms with Gasteiger partial charge in [0.1, 0.15) is 11.5 Å². The van der Waals surface area contributed by atoms with Crippen molar-refractivity contribution in [1.82, 2.24) is 0 Å². The molecule has 0 aromatic heterocycles. The summed E-state index contributed by atoms with van der Waals surface area (Å²) >= 11 is 0. The van der Waals surface area contributed by atoms with E-state index in [0.29, 0.717) is 13.0 Å². The van der Waals surface area contributed by atoms with Crippen LogP contribution in [0.15, 0.2) is 42.5 Å². The topological polar surface area (TPSA) is 107 Å². The quantitative estimate of drug-likeness (QED) is 0.530. The summed E-state index contributed by atoms with van der Waals surface area (Å²) in [6.07, 6.45) is 0.716. The number of phenolic OH excluding ortho intramolecular Hbond substituents is 4. The molecule has 0 saturated heterocycles. The Balaban J connectivity index is 0.000000200. The minimum Gasteiger partial charge on any atom is -0.508 e. The van der Waals surface area contributed by atoms with Crippen molar-refractivity contribution in [3.63, 3.8) is 0 Å². The fourth-order valence-corrected chi connectivity index (χ4v) is 1.38. The van der Waals surface area contributed by atoms with Crippen molar-refractivity contribution >= 4 is 0 Å². The maximum Gasteiger partial charge on any atom is 0.157 e. The van der Waals surface area contributed by atoms with E-state index < -0.39 is 0 Å². The summed E-state index contributed by atoms with van der Waals surface area (Å²) in [5, 5.41) is 35.3. The number of hydrogen-bond acceptors (Lipinski definition) is 5. The van der Waals surface area contributed by atoms with Gasteiger partial charge in [0.05, 0.1) is 0 Å². The highest BCUT2D eigenvalue weighted by Gasteiger charge is 1.98. The maximum absolute atomic E-state index is 9.04.